The zero-order valence-electron chi connectivity index (χ0n) is 21.2. The second-order valence-corrected chi connectivity index (χ2v) is 8.99. The van der Waals surface area contributed by atoms with E-state index >= 15 is 0 Å². The summed E-state index contributed by atoms with van der Waals surface area (Å²) >= 11 is 0. The van der Waals surface area contributed by atoms with Gasteiger partial charge in [0.15, 0.2) is 5.76 Å². The molecule has 0 bridgehead atoms. The molecular weight excluding hydrogens is 494 g/mol. The molecule has 0 unspecified atom stereocenters. The smallest absolute Gasteiger partial charge is 0.338 e. The number of furan rings is 1. The van der Waals surface area contributed by atoms with E-state index in [1.807, 2.05) is 4.90 Å². The number of esters is 1. The van der Waals surface area contributed by atoms with Crippen molar-refractivity contribution in [3.63, 3.8) is 0 Å². The second-order valence-electron chi connectivity index (χ2n) is 8.99. The molecule has 0 radical (unpaired) electrons. The van der Waals surface area contributed by atoms with Gasteiger partial charge in [-0.3, -0.25) is 24.1 Å². The van der Waals surface area contributed by atoms with Crippen LogP contribution in [0.2, 0.25) is 0 Å². The molecule has 2 aromatic rings. The quantitative estimate of drug-likeness (QED) is 0.477. The maximum absolute atomic E-state index is 13.2. The van der Waals surface area contributed by atoms with Crippen molar-refractivity contribution in [2.75, 3.05) is 57.7 Å². The highest BCUT2D eigenvalue weighted by Crippen LogP contribution is 2.15. The van der Waals surface area contributed by atoms with Crippen molar-refractivity contribution in [3.8, 4) is 0 Å². The van der Waals surface area contributed by atoms with E-state index in [2.05, 4.69) is 10.6 Å². The van der Waals surface area contributed by atoms with E-state index in [1.54, 1.807) is 48.2 Å². The molecule has 2 saturated heterocycles. The molecule has 202 valence electrons. The van der Waals surface area contributed by atoms with Gasteiger partial charge in [0.2, 0.25) is 17.7 Å². The van der Waals surface area contributed by atoms with Crippen LogP contribution in [0, 0.1) is 0 Å². The van der Waals surface area contributed by atoms with Gasteiger partial charge in [-0.25, -0.2) is 4.79 Å². The molecule has 1 atom stereocenters. The maximum atomic E-state index is 13.2. The Morgan fingerprint density at radius 2 is 1.79 bits per heavy atom. The maximum Gasteiger partial charge on any atom is 0.338 e. The Balaban J connectivity index is 1.30. The fourth-order valence-electron chi connectivity index (χ4n) is 4.46. The molecular formula is C26H31N5O7. The average molecular weight is 526 g/mol. The molecule has 0 spiro atoms. The minimum atomic E-state index is -0.933. The molecule has 1 aromatic heterocycles. The van der Waals surface area contributed by atoms with E-state index in [0.717, 1.165) is 0 Å². The number of rotatable bonds is 8. The van der Waals surface area contributed by atoms with E-state index < -0.39 is 17.9 Å². The van der Waals surface area contributed by atoms with Crippen LogP contribution in [0.4, 0.5) is 5.69 Å². The molecule has 2 N–H and O–H groups in total. The van der Waals surface area contributed by atoms with Gasteiger partial charge in [-0.15, -0.1) is 0 Å². The van der Waals surface area contributed by atoms with Crippen molar-refractivity contribution in [2.24, 2.45) is 0 Å². The lowest BCUT2D eigenvalue weighted by Gasteiger charge is -2.38. The molecule has 2 fully saturated rings. The molecule has 12 nitrogen and oxygen atoms in total. The molecule has 12 heteroatoms. The fourth-order valence-corrected chi connectivity index (χ4v) is 4.46. The van der Waals surface area contributed by atoms with Crippen LogP contribution in [0.1, 0.15) is 34.3 Å². The summed E-state index contributed by atoms with van der Waals surface area (Å²) in [5, 5.41) is 5.43. The number of nitrogens with zero attached hydrogens (tertiary/aromatic N) is 3. The van der Waals surface area contributed by atoms with Crippen LogP contribution in [0.25, 0.3) is 0 Å². The lowest BCUT2D eigenvalue weighted by Crippen LogP contribution is -2.60. The third-order valence-electron chi connectivity index (χ3n) is 6.46. The van der Waals surface area contributed by atoms with Crippen LogP contribution in [-0.4, -0.2) is 103 Å². The first-order valence-corrected chi connectivity index (χ1v) is 12.5. The standard InChI is InChI=1S/C26H31N5O7/c1-2-37-26(36)18-5-7-19(8-6-18)28-22(32)16-20-24(34)27-9-10-31(20)23(33)17-29-11-13-30(14-12-29)25(35)21-4-3-15-38-21/h3-8,15,20H,2,9-14,16-17H2,1H3,(H,27,34)(H,28,32)/t20-/m1/s1. The number of benzene rings is 1. The highest BCUT2D eigenvalue weighted by atomic mass is 16.5. The molecule has 4 amide bonds. The number of carbonyl (C=O) groups excluding carboxylic acids is 5. The van der Waals surface area contributed by atoms with E-state index in [0.29, 0.717) is 50.5 Å². The van der Waals surface area contributed by atoms with Gasteiger partial charge >= 0.3 is 5.97 Å². The Kier molecular flexibility index (Phi) is 8.74. The first-order chi connectivity index (χ1) is 18.4. The van der Waals surface area contributed by atoms with Crippen LogP contribution in [0.3, 0.4) is 0 Å². The molecule has 1 aromatic carbocycles. The number of amides is 4. The summed E-state index contributed by atoms with van der Waals surface area (Å²) in [5.41, 5.74) is 0.818. The third kappa shape index (κ3) is 6.57. The molecule has 38 heavy (non-hydrogen) atoms. The fraction of sp³-hybridized carbons (Fsp3) is 0.423. The molecule has 0 saturated carbocycles. The summed E-state index contributed by atoms with van der Waals surface area (Å²) in [5.74, 6) is -1.42. The third-order valence-corrected chi connectivity index (χ3v) is 6.46. The molecule has 2 aliphatic heterocycles. The van der Waals surface area contributed by atoms with Crippen LogP contribution in [0.5, 0.6) is 0 Å². The number of ether oxygens (including phenoxy) is 1. The van der Waals surface area contributed by atoms with Crippen LogP contribution < -0.4 is 10.6 Å². The number of hydrogen-bond donors (Lipinski definition) is 2. The van der Waals surface area contributed by atoms with E-state index in [9.17, 15) is 24.0 Å². The van der Waals surface area contributed by atoms with Crippen molar-refractivity contribution in [2.45, 2.75) is 19.4 Å². The predicted octanol–water partition coefficient (Wildman–Crippen LogP) is 0.570. The first-order valence-electron chi connectivity index (χ1n) is 12.5. The Labute approximate surface area is 219 Å². The highest BCUT2D eigenvalue weighted by molar-refractivity contribution is 5.98. The number of carbonyl (C=O) groups is 5. The molecule has 4 rings (SSSR count). The van der Waals surface area contributed by atoms with Crippen molar-refractivity contribution in [1.82, 2.24) is 20.0 Å². The van der Waals surface area contributed by atoms with E-state index in [4.69, 9.17) is 9.15 Å². The van der Waals surface area contributed by atoms with Crippen molar-refractivity contribution in [3.05, 3.63) is 54.0 Å². The zero-order chi connectivity index (χ0) is 27.1. The summed E-state index contributed by atoms with van der Waals surface area (Å²) in [6.45, 7) is 4.59. The Morgan fingerprint density at radius 1 is 1.05 bits per heavy atom. The normalized spacial score (nSPS) is 18.0. The summed E-state index contributed by atoms with van der Waals surface area (Å²) < 4.78 is 10.1. The summed E-state index contributed by atoms with van der Waals surface area (Å²) in [7, 11) is 0. The van der Waals surface area contributed by atoms with Gasteiger partial charge in [-0.1, -0.05) is 0 Å². The van der Waals surface area contributed by atoms with Gasteiger partial charge in [-0.05, 0) is 43.3 Å². The van der Waals surface area contributed by atoms with E-state index in [1.165, 1.54) is 11.2 Å². The minimum absolute atomic E-state index is 0.0868. The lowest BCUT2D eigenvalue weighted by atomic mass is 10.1. The molecule has 0 aliphatic carbocycles. The number of anilines is 1. The van der Waals surface area contributed by atoms with Crippen LogP contribution in [0.15, 0.2) is 47.1 Å². The van der Waals surface area contributed by atoms with Gasteiger partial charge < -0.3 is 29.6 Å². The van der Waals surface area contributed by atoms with Crippen molar-refractivity contribution < 1.29 is 33.1 Å². The minimum Gasteiger partial charge on any atom is -0.462 e. The number of nitrogens with one attached hydrogen (secondary N) is 2. The highest BCUT2D eigenvalue weighted by Gasteiger charge is 2.35. The number of piperazine rings is 2. The Bertz CT molecular complexity index is 1160. The average Bonchev–Trinajstić information content (AvgIpc) is 3.45. The SMILES string of the molecule is CCOC(=O)c1ccc(NC(=O)C[C@@H]2C(=O)NCCN2C(=O)CN2CCN(C(=O)c3ccco3)CC2)cc1. The zero-order valence-corrected chi connectivity index (χ0v) is 21.2. The van der Waals surface area contributed by atoms with Gasteiger partial charge in [0, 0.05) is 45.0 Å². The summed E-state index contributed by atoms with van der Waals surface area (Å²) in [6.07, 6.45) is 1.25. The monoisotopic (exact) mass is 525 g/mol. The Morgan fingerprint density at radius 3 is 2.45 bits per heavy atom. The van der Waals surface area contributed by atoms with Gasteiger partial charge in [0.25, 0.3) is 5.91 Å². The summed E-state index contributed by atoms with van der Waals surface area (Å²) in [4.78, 5) is 67.8. The van der Waals surface area contributed by atoms with Crippen molar-refractivity contribution >= 4 is 35.3 Å². The van der Waals surface area contributed by atoms with Gasteiger partial charge in [0.05, 0.1) is 31.4 Å². The topological polar surface area (TPSA) is 142 Å². The Hall–Kier alpha value is -4.19. The van der Waals surface area contributed by atoms with Gasteiger partial charge in [-0.2, -0.15) is 0 Å². The van der Waals surface area contributed by atoms with Crippen LogP contribution in [-0.2, 0) is 19.1 Å². The summed E-state index contributed by atoms with van der Waals surface area (Å²) in [6, 6.07) is 8.58. The number of hydrogen-bond acceptors (Lipinski definition) is 8. The van der Waals surface area contributed by atoms with E-state index in [-0.39, 0.29) is 43.1 Å². The second kappa shape index (κ2) is 12.4. The molecule has 3 heterocycles. The van der Waals surface area contributed by atoms with Crippen LogP contribution >= 0.6 is 0 Å². The lowest BCUT2D eigenvalue weighted by molar-refractivity contribution is -0.145. The predicted molar refractivity (Wildman–Crippen MR) is 135 cm³/mol. The van der Waals surface area contributed by atoms with Crippen molar-refractivity contribution in [1.29, 1.82) is 0 Å². The molecule has 2 aliphatic rings. The largest absolute Gasteiger partial charge is 0.462 e. The van der Waals surface area contributed by atoms with Gasteiger partial charge in [0.1, 0.15) is 6.04 Å². The first kappa shape index (κ1) is 26.9.